The van der Waals surface area contributed by atoms with Gasteiger partial charge < -0.3 is 29.0 Å². The van der Waals surface area contributed by atoms with Gasteiger partial charge in [-0.1, -0.05) is 37.2 Å². The lowest BCUT2D eigenvalue weighted by Crippen LogP contribution is -2.38. The largest absolute Gasteiger partial charge is 0.497 e. The Labute approximate surface area is 217 Å². The van der Waals surface area contributed by atoms with Gasteiger partial charge in [-0.2, -0.15) is 0 Å². The van der Waals surface area contributed by atoms with Crippen molar-refractivity contribution in [2.75, 3.05) is 41.0 Å². The minimum atomic E-state index is -0.273. The summed E-state index contributed by atoms with van der Waals surface area (Å²) in [5, 5.41) is 6.91. The molecule has 0 saturated heterocycles. The van der Waals surface area contributed by atoms with Crippen LogP contribution in [0.4, 0.5) is 0 Å². The Kier molecular flexibility index (Phi) is 9.94. The zero-order valence-corrected chi connectivity index (χ0v) is 22.1. The van der Waals surface area contributed by atoms with Crippen molar-refractivity contribution < 1.29 is 28.3 Å². The standard InChI is InChI=1S/C28H35N3O6/c1-19(2)18-31(28(33)23-17-25(37-30-23)21-7-6-8-22(16-21)34-3)14-12-27(32)29-13-11-20-9-10-24(35-4)26(15-20)36-5/h6-10,15-17,19H,11-14,18H2,1-5H3,(H,29,32). The smallest absolute Gasteiger partial charge is 0.276 e. The van der Waals surface area contributed by atoms with Crippen LogP contribution in [0.15, 0.2) is 53.1 Å². The second kappa shape index (κ2) is 13.3. The van der Waals surface area contributed by atoms with E-state index < -0.39 is 0 Å². The molecule has 1 aromatic heterocycles. The molecule has 3 rings (SSSR count). The quantitative estimate of drug-likeness (QED) is 0.368. The van der Waals surface area contributed by atoms with Crippen LogP contribution in [0.5, 0.6) is 17.2 Å². The van der Waals surface area contributed by atoms with Gasteiger partial charge in [0.25, 0.3) is 5.91 Å². The number of amides is 2. The molecule has 0 atom stereocenters. The number of aromatic nitrogens is 1. The predicted octanol–water partition coefficient (Wildman–Crippen LogP) is 4.21. The first-order chi connectivity index (χ1) is 17.8. The van der Waals surface area contributed by atoms with E-state index in [2.05, 4.69) is 10.5 Å². The Morgan fingerprint density at radius 3 is 2.49 bits per heavy atom. The summed E-state index contributed by atoms with van der Waals surface area (Å²) in [5.74, 6) is 2.29. The highest BCUT2D eigenvalue weighted by Crippen LogP contribution is 2.28. The molecule has 0 spiro atoms. The molecular weight excluding hydrogens is 474 g/mol. The number of nitrogens with one attached hydrogen (secondary N) is 1. The highest BCUT2D eigenvalue weighted by atomic mass is 16.5. The Bertz CT molecular complexity index is 1190. The zero-order valence-electron chi connectivity index (χ0n) is 22.1. The van der Waals surface area contributed by atoms with E-state index in [0.717, 1.165) is 11.1 Å². The van der Waals surface area contributed by atoms with Gasteiger partial charge in [-0.25, -0.2) is 0 Å². The third kappa shape index (κ3) is 7.73. The van der Waals surface area contributed by atoms with Crippen molar-refractivity contribution in [2.24, 2.45) is 5.92 Å². The van der Waals surface area contributed by atoms with Gasteiger partial charge in [0.15, 0.2) is 23.0 Å². The van der Waals surface area contributed by atoms with Gasteiger partial charge >= 0.3 is 0 Å². The van der Waals surface area contributed by atoms with Gasteiger partial charge in [0.05, 0.1) is 21.3 Å². The fourth-order valence-electron chi connectivity index (χ4n) is 3.87. The number of carbonyl (C=O) groups excluding carboxylic acids is 2. The highest BCUT2D eigenvalue weighted by molar-refractivity contribution is 5.93. The zero-order chi connectivity index (χ0) is 26.8. The number of rotatable bonds is 13. The fraction of sp³-hybridized carbons (Fsp3) is 0.393. The molecule has 3 aromatic rings. The van der Waals surface area contributed by atoms with Crippen LogP contribution < -0.4 is 19.5 Å². The van der Waals surface area contributed by atoms with Crippen LogP contribution in [-0.4, -0.2) is 62.8 Å². The molecule has 37 heavy (non-hydrogen) atoms. The number of hydrogen-bond donors (Lipinski definition) is 1. The summed E-state index contributed by atoms with van der Waals surface area (Å²) in [4.78, 5) is 27.4. The number of ether oxygens (including phenoxy) is 3. The lowest BCUT2D eigenvalue weighted by atomic mass is 10.1. The summed E-state index contributed by atoms with van der Waals surface area (Å²) in [7, 11) is 4.77. The maximum atomic E-state index is 13.2. The molecule has 198 valence electrons. The molecule has 1 heterocycles. The van der Waals surface area contributed by atoms with Gasteiger partial charge in [-0.3, -0.25) is 9.59 Å². The minimum Gasteiger partial charge on any atom is -0.497 e. The normalized spacial score (nSPS) is 10.8. The summed E-state index contributed by atoms with van der Waals surface area (Å²) >= 11 is 0. The molecule has 2 aromatic carbocycles. The van der Waals surface area contributed by atoms with Gasteiger partial charge in [0.1, 0.15) is 5.75 Å². The van der Waals surface area contributed by atoms with Crippen LogP contribution in [0.2, 0.25) is 0 Å². The summed E-state index contributed by atoms with van der Waals surface area (Å²) in [5.41, 5.74) is 1.98. The maximum absolute atomic E-state index is 13.2. The molecule has 0 bridgehead atoms. The number of benzene rings is 2. The van der Waals surface area contributed by atoms with E-state index in [0.29, 0.717) is 42.5 Å². The van der Waals surface area contributed by atoms with E-state index in [4.69, 9.17) is 18.7 Å². The molecule has 0 saturated carbocycles. The summed E-state index contributed by atoms with van der Waals surface area (Å²) in [6.45, 7) is 5.29. The molecule has 0 aliphatic carbocycles. The second-order valence-corrected chi connectivity index (χ2v) is 8.99. The lowest BCUT2D eigenvalue weighted by Gasteiger charge is -2.23. The molecule has 1 N–H and O–H groups in total. The highest BCUT2D eigenvalue weighted by Gasteiger charge is 2.22. The first kappa shape index (κ1) is 27.6. The van der Waals surface area contributed by atoms with E-state index in [-0.39, 0.29) is 36.4 Å². The Hall–Kier alpha value is -4.01. The Morgan fingerprint density at radius 1 is 1.00 bits per heavy atom. The van der Waals surface area contributed by atoms with Crippen LogP contribution in [0.25, 0.3) is 11.3 Å². The first-order valence-electron chi connectivity index (χ1n) is 12.2. The molecular formula is C28H35N3O6. The van der Waals surface area contributed by atoms with Gasteiger partial charge in [0.2, 0.25) is 5.91 Å². The van der Waals surface area contributed by atoms with E-state index in [1.54, 1.807) is 32.3 Å². The van der Waals surface area contributed by atoms with Crippen molar-refractivity contribution in [2.45, 2.75) is 26.7 Å². The number of carbonyl (C=O) groups is 2. The van der Waals surface area contributed by atoms with E-state index in [1.165, 1.54) is 0 Å². The van der Waals surface area contributed by atoms with Crippen LogP contribution in [0.3, 0.4) is 0 Å². The number of nitrogens with zero attached hydrogens (tertiary/aromatic N) is 2. The summed E-state index contributed by atoms with van der Waals surface area (Å²) < 4.78 is 21.3. The summed E-state index contributed by atoms with van der Waals surface area (Å²) in [6, 6.07) is 14.6. The molecule has 0 radical (unpaired) electrons. The van der Waals surface area contributed by atoms with E-state index in [9.17, 15) is 9.59 Å². The van der Waals surface area contributed by atoms with Crippen molar-refractivity contribution in [1.82, 2.24) is 15.4 Å². The number of hydrogen-bond acceptors (Lipinski definition) is 7. The predicted molar refractivity (Wildman–Crippen MR) is 140 cm³/mol. The molecule has 0 aliphatic heterocycles. The third-order valence-corrected chi connectivity index (χ3v) is 5.75. The van der Waals surface area contributed by atoms with Crippen molar-refractivity contribution in [1.29, 1.82) is 0 Å². The van der Waals surface area contributed by atoms with E-state index >= 15 is 0 Å². The van der Waals surface area contributed by atoms with Crippen molar-refractivity contribution in [3.8, 4) is 28.6 Å². The Morgan fingerprint density at radius 2 is 1.78 bits per heavy atom. The lowest BCUT2D eigenvalue weighted by molar-refractivity contribution is -0.121. The number of methoxy groups -OCH3 is 3. The monoisotopic (exact) mass is 509 g/mol. The second-order valence-electron chi connectivity index (χ2n) is 8.99. The van der Waals surface area contributed by atoms with Crippen molar-refractivity contribution in [3.63, 3.8) is 0 Å². The van der Waals surface area contributed by atoms with Crippen LogP contribution in [0, 0.1) is 5.92 Å². The average molecular weight is 510 g/mol. The van der Waals surface area contributed by atoms with Crippen molar-refractivity contribution >= 4 is 11.8 Å². The molecule has 2 amide bonds. The molecule has 9 heteroatoms. The average Bonchev–Trinajstić information content (AvgIpc) is 3.41. The maximum Gasteiger partial charge on any atom is 0.276 e. The van der Waals surface area contributed by atoms with Gasteiger partial charge in [0, 0.05) is 37.7 Å². The van der Waals surface area contributed by atoms with Crippen LogP contribution in [0.1, 0.15) is 36.3 Å². The molecule has 0 aliphatic rings. The minimum absolute atomic E-state index is 0.126. The molecule has 0 fully saturated rings. The molecule has 0 unspecified atom stereocenters. The fourth-order valence-corrected chi connectivity index (χ4v) is 3.87. The van der Waals surface area contributed by atoms with E-state index in [1.807, 2.05) is 56.3 Å². The SMILES string of the molecule is COc1cccc(-c2cc(C(=O)N(CCC(=O)NCCc3ccc(OC)c(OC)c3)CC(C)C)no2)c1. The molecule has 9 nitrogen and oxygen atoms in total. The third-order valence-electron chi connectivity index (χ3n) is 5.75. The van der Waals surface area contributed by atoms with Gasteiger partial charge in [-0.15, -0.1) is 0 Å². The Balaban J connectivity index is 1.56. The topological polar surface area (TPSA) is 103 Å². The first-order valence-corrected chi connectivity index (χ1v) is 12.2. The summed E-state index contributed by atoms with van der Waals surface area (Å²) in [6.07, 6.45) is 0.831. The van der Waals surface area contributed by atoms with Crippen LogP contribution in [-0.2, 0) is 11.2 Å². The van der Waals surface area contributed by atoms with Crippen LogP contribution >= 0.6 is 0 Å². The van der Waals surface area contributed by atoms with Gasteiger partial charge in [-0.05, 0) is 42.2 Å². The van der Waals surface area contributed by atoms with Crippen molar-refractivity contribution in [3.05, 3.63) is 59.8 Å².